The number of aryl methyl sites for hydroxylation is 1. The second-order valence-electron chi connectivity index (χ2n) is 5.91. The maximum atomic E-state index is 13.0. The Morgan fingerprint density at radius 1 is 1.26 bits per heavy atom. The van der Waals surface area contributed by atoms with Crippen LogP contribution in [-0.4, -0.2) is 27.8 Å². The molecule has 0 aliphatic carbocycles. The molecule has 1 aromatic heterocycles. The number of fused-ring (bicyclic) bond motifs is 2. The van der Waals surface area contributed by atoms with Crippen LogP contribution < -0.4 is 10.5 Å². The third kappa shape index (κ3) is 2.57. The Labute approximate surface area is 138 Å². The van der Waals surface area contributed by atoms with Gasteiger partial charge in [-0.1, -0.05) is 30.0 Å². The summed E-state index contributed by atoms with van der Waals surface area (Å²) in [5.74, 6) is 0.611. The van der Waals surface area contributed by atoms with Crippen molar-refractivity contribution in [3.05, 3.63) is 52.4 Å². The van der Waals surface area contributed by atoms with E-state index >= 15 is 0 Å². The smallest absolute Gasteiger partial charge is 0.254 e. The van der Waals surface area contributed by atoms with Crippen LogP contribution in [-0.2, 0) is 17.8 Å². The fourth-order valence-electron chi connectivity index (χ4n) is 3.28. The third-order valence-electron chi connectivity index (χ3n) is 4.44. The first-order chi connectivity index (χ1) is 11.2. The first-order valence-electron chi connectivity index (χ1n) is 7.82. The molecule has 0 fully saturated rings. The van der Waals surface area contributed by atoms with Crippen molar-refractivity contribution in [1.82, 2.24) is 9.55 Å². The molecule has 4 rings (SSSR count). The van der Waals surface area contributed by atoms with Crippen molar-refractivity contribution >= 4 is 23.4 Å². The normalized spacial score (nSPS) is 19.8. The van der Waals surface area contributed by atoms with E-state index in [0.717, 1.165) is 25.1 Å². The molecule has 2 aliphatic heterocycles. The van der Waals surface area contributed by atoms with Crippen molar-refractivity contribution < 1.29 is 4.79 Å². The first kappa shape index (κ1) is 14.5. The summed E-state index contributed by atoms with van der Waals surface area (Å²) in [4.78, 5) is 31.1. The third-order valence-corrected chi connectivity index (χ3v) is 5.59. The Kier molecular flexibility index (Phi) is 3.69. The summed E-state index contributed by atoms with van der Waals surface area (Å²) >= 11 is 1.49. The molecule has 3 heterocycles. The summed E-state index contributed by atoms with van der Waals surface area (Å²) in [6, 6.07) is 9.56. The molecule has 118 valence electrons. The number of thioether (sulfide) groups is 1. The van der Waals surface area contributed by atoms with Gasteiger partial charge in [-0.2, -0.15) is 0 Å². The molecule has 2 aliphatic rings. The van der Waals surface area contributed by atoms with Crippen LogP contribution in [0.4, 0.5) is 5.69 Å². The number of benzene rings is 1. The lowest BCUT2D eigenvalue weighted by Gasteiger charge is -2.33. The van der Waals surface area contributed by atoms with Gasteiger partial charge in [-0.25, -0.2) is 4.98 Å². The highest BCUT2D eigenvalue weighted by Gasteiger charge is 2.32. The van der Waals surface area contributed by atoms with E-state index in [1.54, 1.807) is 4.57 Å². The van der Waals surface area contributed by atoms with E-state index in [0.29, 0.717) is 17.5 Å². The molecule has 0 saturated carbocycles. The maximum Gasteiger partial charge on any atom is 0.254 e. The van der Waals surface area contributed by atoms with E-state index in [-0.39, 0.29) is 17.4 Å². The number of aromatic nitrogens is 2. The number of carbonyl (C=O) groups is 1. The van der Waals surface area contributed by atoms with Crippen LogP contribution in [0.15, 0.2) is 46.5 Å². The molecule has 0 spiro atoms. The zero-order chi connectivity index (χ0) is 15.8. The van der Waals surface area contributed by atoms with Gasteiger partial charge < -0.3 is 4.90 Å². The fourth-order valence-corrected chi connectivity index (χ4v) is 4.34. The van der Waals surface area contributed by atoms with Gasteiger partial charge in [0.15, 0.2) is 5.16 Å². The van der Waals surface area contributed by atoms with E-state index in [1.165, 1.54) is 29.6 Å². The van der Waals surface area contributed by atoms with Crippen LogP contribution in [0.2, 0.25) is 0 Å². The minimum Gasteiger partial charge on any atom is -0.312 e. The zero-order valence-electron chi connectivity index (χ0n) is 12.6. The van der Waals surface area contributed by atoms with Crippen LogP contribution in [0, 0.1) is 5.92 Å². The van der Waals surface area contributed by atoms with E-state index < -0.39 is 0 Å². The van der Waals surface area contributed by atoms with Crippen molar-refractivity contribution in [2.45, 2.75) is 24.5 Å². The minimum absolute atomic E-state index is 0.0842. The van der Waals surface area contributed by atoms with E-state index in [9.17, 15) is 9.59 Å². The lowest BCUT2D eigenvalue weighted by atomic mass is 10.00. The van der Waals surface area contributed by atoms with Crippen molar-refractivity contribution in [3.63, 3.8) is 0 Å². The van der Waals surface area contributed by atoms with Gasteiger partial charge in [0, 0.05) is 36.8 Å². The number of rotatable bonds is 1. The second-order valence-corrected chi connectivity index (χ2v) is 6.89. The lowest BCUT2D eigenvalue weighted by molar-refractivity contribution is -0.122. The number of anilines is 1. The summed E-state index contributed by atoms with van der Waals surface area (Å²) < 4.78 is 1.62. The van der Waals surface area contributed by atoms with Crippen molar-refractivity contribution in [3.8, 4) is 0 Å². The fraction of sp³-hybridized carbons (Fsp3) is 0.353. The molecular formula is C17H17N3O2S. The van der Waals surface area contributed by atoms with Crippen molar-refractivity contribution in [2.75, 3.05) is 17.2 Å². The van der Waals surface area contributed by atoms with Gasteiger partial charge in [0.05, 0.1) is 5.92 Å². The molecule has 1 unspecified atom stereocenters. The summed E-state index contributed by atoms with van der Waals surface area (Å²) in [6.07, 6.45) is 3.54. The van der Waals surface area contributed by atoms with Gasteiger partial charge in [-0.05, 0) is 24.5 Å². The van der Waals surface area contributed by atoms with Crippen molar-refractivity contribution in [2.24, 2.45) is 5.92 Å². The number of para-hydroxylation sites is 1. The molecule has 1 atom stereocenters. The Bertz CT molecular complexity index is 817. The topological polar surface area (TPSA) is 55.2 Å². The lowest BCUT2D eigenvalue weighted by Crippen LogP contribution is -2.44. The maximum absolute atomic E-state index is 13.0. The number of hydrogen-bond donors (Lipinski definition) is 0. The Balaban J connectivity index is 1.62. The van der Waals surface area contributed by atoms with Gasteiger partial charge in [0.25, 0.3) is 5.56 Å². The number of amides is 1. The second kappa shape index (κ2) is 5.85. The first-order valence-corrected chi connectivity index (χ1v) is 8.80. The Hall–Kier alpha value is -2.08. The summed E-state index contributed by atoms with van der Waals surface area (Å²) in [5, 5.41) is 0.709. The molecule has 6 heteroatoms. The molecule has 0 saturated heterocycles. The van der Waals surface area contributed by atoms with Crippen LogP contribution in [0.1, 0.15) is 12.0 Å². The molecule has 2 aromatic rings. The average molecular weight is 327 g/mol. The highest BCUT2D eigenvalue weighted by molar-refractivity contribution is 7.99. The standard InChI is InChI=1S/C17H17N3O2S/c21-15-7-8-18-17-20(15)10-13(11-23-17)16(22)19-9-3-5-12-4-1-2-6-14(12)19/h1-2,4,6-8,13H,3,5,9-11H2. The Morgan fingerprint density at radius 2 is 2.13 bits per heavy atom. The molecule has 0 radical (unpaired) electrons. The van der Waals surface area contributed by atoms with Gasteiger partial charge in [-0.3, -0.25) is 14.2 Å². The highest BCUT2D eigenvalue weighted by Crippen LogP contribution is 2.31. The largest absolute Gasteiger partial charge is 0.312 e. The highest BCUT2D eigenvalue weighted by atomic mass is 32.2. The molecule has 0 N–H and O–H groups in total. The summed E-state index contributed by atoms with van der Waals surface area (Å²) in [5.41, 5.74) is 2.17. The quantitative estimate of drug-likeness (QED) is 0.751. The molecule has 0 bridgehead atoms. The number of carbonyl (C=O) groups excluding carboxylic acids is 1. The molecule has 1 amide bonds. The van der Waals surface area contributed by atoms with Crippen molar-refractivity contribution in [1.29, 1.82) is 0 Å². The van der Waals surface area contributed by atoms with Crippen LogP contribution >= 0.6 is 11.8 Å². The number of hydrogen-bond acceptors (Lipinski definition) is 4. The molecule has 1 aromatic carbocycles. The summed E-state index contributed by atoms with van der Waals surface area (Å²) in [6.45, 7) is 1.18. The predicted octanol–water partition coefficient (Wildman–Crippen LogP) is 1.94. The van der Waals surface area contributed by atoms with Gasteiger partial charge in [0.1, 0.15) is 0 Å². The Morgan fingerprint density at radius 3 is 3.04 bits per heavy atom. The SMILES string of the molecule is O=C(C1CSc2nccc(=O)n2C1)N1CCCc2ccccc21. The van der Waals surface area contributed by atoms with Crippen LogP contribution in [0.5, 0.6) is 0 Å². The minimum atomic E-state index is -0.180. The average Bonchev–Trinajstić information content (AvgIpc) is 2.61. The predicted molar refractivity (Wildman–Crippen MR) is 89.8 cm³/mol. The molecule has 5 nitrogen and oxygen atoms in total. The number of nitrogens with zero attached hydrogens (tertiary/aromatic N) is 3. The monoisotopic (exact) mass is 327 g/mol. The molecular weight excluding hydrogens is 310 g/mol. The van der Waals surface area contributed by atoms with E-state index in [1.807, 2.05) is 23.1 Å². The van der Waals surface area contributed by atoms with Crippen LogP contribution in [0.3, 0.4) is 0 Å². The van der Waals surface area contributed by atoms with Gasteiger partial charge in [-0.15, -0.1) is 0 Å². The molecule has 23 heavy (non-hydrogen) atoms. The summed E-state index contributed by atoms with van der Waals surface area (Å²) in [7, 11) is 0. The van der Waals surface area contributed by atoms with E-state index in [2.05, 4.69) is 11.1 Å². The van der Waals surface area contributed by atoms with Gasteiger partial charge in [0.2, 0.25) is 5.91 Å². The van der Waals surface area contributed by atoms with Crippen LogP contribution in [0.25, 0.3) is 0 Å². The van der Waals surface area contributed by atoms with Gasteiger partial charge >= 0.3 is 0 Å². The van der Waals surface area contributed by atoms with E-state index in [4.69, 9.17) is 0 Å². The zero-order valence-corrected chi connectivity index (χ0v) is 13.5.